The molecule has 20 heavy (non-hydrogen) atoms. The van der Waals surface area contributed by atoms with E-state index in [4.69, 9.17) is 4.42 Å². The molecule has 96 valence electrons. The summed E-state index contributed by atoms with van der Waals surface area (Å²) in [5.74, 6) is 0.201. The maximum Gasteiger partial charge on any atom is 0.227 e. The molecule has 4 aromatic rings. The van der Waals surface area contributed by atoms with Crippen molar-refractivity contribution in [3.8, 4) is 11.5 Å². The third-order valence-corrected chi connectivity index (χ3v) is 3.35. The molecule has 0 unspecified atom stereocenters. The van der Waals surface area contributed by atoms with Crippen LogP contribution < -0.4 is 0 Å². The number of hydrogen-bond donors (Lipinski definition) is 0. The van der Waals surface area contributed by atoms with Crippen molar-refractivity contribution in [1.82, 2.24) is 4.98 Å². The summed E-state index contributed by atoms with van der Waals surface area (Å²) in [6.07, 6.45) is 0. The van der Waals surface area contributed by atoms with E-state index in [0.717, 1.165) is 10.9 Å². The zero-order chi connectivity index (χ0) is 13.5. The molecule has 0 saturated carbocycles. The summed E-state index contributed by atoms with van der Waals surface area (Å²) >= 11 is 0. The smallest absolute Gasteiger partial charge is 0.227 e. The van der Waals surface area contributed by atoms with E-state index in [9.17, 15) is 4.39 Å². The molecule has 0 atom stereocenters. The zero-order valence-corrected chi connectivity index (χ0v) is 10.5. The van der Waals surface area contributed by atoms with Gasteiger partial charge in [0, 0.05) is 11.6 Å². The Balaban J connectivity index is 1.91. The van der Waals surface area contributed by atoms with E-state index < -0.39 is 0 Å². The fraction of sp³-hybridized carbons (Fsp3) is 0. The molecule has 3 heteroatoms. The summed E-state index contributed by atoms with van der Waals surface area (Å²) in [4.78, 5) is 4.34. The number of oxazole rings is 1. The molecule has 0 spiro atoms. The molecule has 1 heterocycles. The molecule has 0 amide bonds. The predicted molar refractivity (Wildman–Crippen MR) is 76.9 cm³/mol. The second-order valence-electron chi connectivity index (χ2n) is 4.69. The lowest BCUT2D eigenvalue weighted by atomic mass is 10.1. The Morgan fingerprint density at radius 2 is 1.70 bits per heavy atom. The van der Waals surface area contributed by atoms with Crippen LogP contribution in [-0.2, 0) is 0 Å². The minimum absolute atomic E-state index is 0.309. The van der Waals surface area contributed by atoms with Crippen molar-refractivity contribution in [2.45, 2.75) is 0 Å². The first-order chi connectivity index (χ1) is 9.79. The van der Waals surface area contributed by atoms with Crippen LogP contribution in [0.4, 0.5) is 4.39 Å². The average molecular weight is 263 g/mol. The summed E-state index contributed by atoms with van der Waals surface area (Å²) in [6, 6.07) is 18.5. The molecule has 0 bridgehead atoms. The van der Waals surface area contributed by atoms with Crippen molar-refractivity contribution in [1.29, 1.82) is 0 Å². The van der Waals surface area contributed by atoms with Crippen LogP contribution >= 0.6 is 0 Å². The van der Waals surface area contributed by atoms with Crippen LogP contribution in [0.25, 0.3) is 33.3 Å². The highest BCUT2D eigenvalue weighted by molar-refractivity contribution is 5.87. The predicted octanol–water partition coefficient (Wildman–Crippen LogP) is 4.79. The van der Waals surface area contributed by atoms with Gasteiger partial charge in [-0.3, -0.25) is 0 Å². The van der Waals surface area contributed by atoms with Gasteiger partial charge >= 0.3 is 0 Å². The van der Waals surface area contributed by atoms with Crippen LogP contribution in [0.5, 0.6) is 0 Å². The normalized spacial score (nSPS) is 11.2. The Morgan fingerprint density at radius 1 is 0.850 bits per heavy atom. The molecule has 4 rings (SSSR count). The number of rotatable bonds is 1. The summed E-state index contributed by atoms with van der Waals surface area (Å²) in [6.45, 7) is 0. The SMILES string of the molecule is Fc1ccc2oc(-c3ccc4ccccc4c3)nc2c1. The summed E-state index contributed by atoms with van der Waals surface area (Å²) in [5, 5.41) is 2.29. The zero-order valence-electron chi connectivity index (χ0n) is 10.5. The fourth-order valence-corrected chi connectivity index (χ4v) is 2.35. The summed E-state index contributed by atoms with van der Waals surface area (Å²) in [5.41, 5.74) is 2.02. The number of fused-ring (bicyclic) bond motifs is 2. The highest BCUT2D eigenvalue weighted by Gasteiger charge is 2.09. The number of aromatic nitrogens is 1. The molecule has 2 nitrogen and oxygen atoms in total. The molecule has 0 aliphatic heterocycles. The van der Waals surface area contributed by atoms with E-state index in [1.165, 1.54) is 17.5 Å². The Bertz CT molecular complexity index is 926. The van der Waals surface area contributed by atoms with Gasteiger partial charge in [-0.15, -0.1) is 0 Å². The van der Waals surface area contributed by atoms with E-state index in [2.05, 4.69) is 11.1 Å². The second kappa shape index (κ2) is 4.17. The minimum atomic E-state index is -0.309. The lowest BCUT2D eigenvalue weighted by Gasteiger charge is -1.99. The fourth-order valence-electron chi connectivity index (χ4n) is 2.35. The molecule has 3 aromatic carbocycles. The van der Waals surface area contributed by atoms with Crippen LogP contribution in [0.3, 0.4) is 0 Å². The molecule has 0 saturated heterocycles. The summed E-state index contributed by atoms with van der Waals surface area (Å²) in [7, 11) is 0. The first-order valence-corrected chi connectivity index (χ1v) is 6.35. The van der Waals surface area contributed by atoms with Crippen molar-refractivity contribution in [2.24, 2.45) is 0 Å². The van der Waals surface area contributed by atoms with Crippen LogP contribution in [-0.4, -0.2) is 4.98 Å². The molecular weight excluding hydrogens is 253 g/mol. The number of hydrogen-bond acceptors (Lipinski definition) is 2. The molecule has 1 aromatic heterocycles. The maximum absolute atomic E-state index is 13.2. The number of benzene rings is 3. The van der Waals surface area contributed by atoms with E-state index in [-0.39, 0.29) is 5.82 Å². The van der Waals surface area contributed by atoms with Crippen molar-refractivity contribution in [3.05, 3.63) is 66.5 Å². The number of halogens is 1. The molecular formula is C17H10FNO. The van der Waals surface area contributed by atoms with Crippen molar-refractivity contribution >= 4 is 21.9 Å². The van der Waals surface area contributed by atoms with Gasteiger partial charge in [0.1, 0.15) is 11.3 Å². The highest BCUT2D eigenvalue weighted by atomic mass is 19.1. The Morgan fingerprint density at radius 3 is 2.60 bits per heavy atom. The van der Waals surface area contributed by atoms with Gasteiger partial charge in [0.25, 0.3) is 0 Å². The third kappa shape index (κ3) is 1.75. The van der Waals surface area contributed by atoms with E-state index in [1.54, 1.807) is 6.07 Å². The van der Waals surface area contributed by atoms with Crippen molar-refractivity contribution in [2.75, 3.05) is 0 Å². The van der Waals surface area contributed by atoms with E-state index in [0.29, 0.717) is 17.0 Å². The third-order valence-electron chi connectivity index (χ3n) is 3.35. The van der Waals surface area contributed by atoms with Gasteiger partial charge in [-0.05, 0) is 35.0 Å². The first kappa shape index (κ1) is 11.2. The van der Waals surface area contributed by atoms with E-state index in [1.807, 2.05) is 36.4 Å². The molecule has 0 aliphatic carbocycles. The molecule has 0 aliphatic rings. The summed E-state index contributed by atoms with van der Waals surface area (Å²) < 4.78 is 18.9. The minimum Gasteiger partial charge on any atom is -0.436 e. The van der Waals surface area contributed by atoms with Crippen molar-refractivity contribution in [3.63, 3.8) is 0 Å². The van der Waals surface area contributed by atoms with E-state index >= 15 is 0 Å². The van der Waals surface area contributed by atoms with Crippen LogP contribution in [0.1, 0.15) is 0 Å². The Hall–Kier alpha value is -2.68. The van der Waals surface area contributed by atoms with Gasteiger partial charge in [0.05, 0.1) is 0 Å². The quantitative estimate of drug-likeness (QED) is 0.493. The topological polar surface area (TPSA) is 26.0 Å². The first-order valence-electron chi connectivity index (χ1n) is 6.35. The number of nitrogens with zero attached hydrogens (tertiary/aromatic N) is 1. The lowest BCUT2D eigenvalue weighted by molar-refractivity contribution is 0.614. The molecule has 0 radical (unpaired) electrons. The molecule has 0 N–H and O–H groups in total. The Kier molecular flexibility index (Phi) is 2.33. The van der Waals surface area contributed by atoms with Gasteiger partial charge in [-0.1, -0.05) is 30.3 Å². The van der Waals surface area contributed by atoms with Gasteiger partial charge < -0.3 is 4.42 Å². The van der Waals surface area contributed by atoms with Gasteiger partial charge in [-0.25, -0.2) is 9.37 Å². The van der Waals surface area contributed by atoms with Gasteiger partial charge in [0.15, 0.2) is 5.58 Å². The molecule has 0 fully saturated rings. The van der Waals surface area contributed by atoms with Crippen LogP contribution in [0, 0.1) is 5.82 Å². The van der Waals surface area contributed by atoms with Gasteiger partial charge in [-0.2, -0.15) is 0 Å². The van der Waals surface area contributed by atoms with Gasteiger partial charge in [0.2, 0.25) is 5.89 Å². The standard InChI is InChI=1S/C17H10FNO/c18-14-7-8-16-15(10-14)19-17(20-16)13-6-5-11-3-1-2-4-12(11)9-13/h1-10H. The highest BCUT2D eigenvalue weighted by Crippen LogP contribution is 2.27. The monoisotopic (exact) mass is 263 g/mol. The maximum atomic E-state index is 13.2. The average Bonchev–Trinajstić information content (AvgIpc) is 2.89. The Labute approximate surface area is 114 Å². The largest absolute Gasteiger partial charge is 0.436 e. The van der Waals surface area contributed by atoms with Crippen LogP contribution in [0.2, 0.25) is 0 Å². The second-order valence-corrected chi connectivity index (χ2v) is 4.69. The lowest BCUT2D eigenvalue weighted by Crippen LogP contribution is -1.78. The van der Waals surface area contributed by atoms with Crippen molar-refractivity contribution < 1.29 is 8.81 Å². The van der Waals surface area contributed by atoms with Crippen LogP contribution in [0.15, 0.2) is 65.1 Å².